The van der Waals surface area contributed by atoms with Crippen LogP contribution in [0, 0.1) is 0 Å². The van der Waals surface area contributed by atoms with Crippen molar-refractivity contribution in [1.82, 2.24) is 14.7 Å². The van der Waals surface area contributed by atoms with Crippen molar-refractivity contribution in [2.45, 2.75) is 46.0 Å². The van der Waals surface area contributed by atoms with Gasteiger partial charge in [0.2, 0.25) is 0 Å². The van der Waals surface area contributed by atoms with E-state index in [-0.39, 0.29) is 6.61 Å². The van der Waals surface area contributed by atoms with Crippen LogP contribution < -0.4 is 0 Å². The SMILES string of the molecule is CC(C)N1CCCn2nc(CO)cc2C1. The van der Waals surface area contributed by atoms with Crippen LogP contribution >= 0.6 is 0 Å². The Hall–Kier alpha value is -0.870. The van der Waals surface area contributed by atoms with Crippen molar-refractivity contribution in [2.75, 3.05) is 6.54 Å². The highest BCUT2D eigenvalue weighted by Crippen LogP contribution is 2.15. The van der Waals surface area contributed by atoms with Crippen molar-refractivity contribution < 1.29 is 5.11 Å². The normalized spacial score (nSPS) is 17.9. The van der Waals surface area contributed by atoms with Gasteiger partial charge in [0.15, 0.2) is 0 Å². The second-order valence-electron chi connectivity index (χ2n) is 4.43. The minimum Gasteiger partial charge on any atom is -0.390 e. The van der Waals surface area contributed by atoms with Gasteiger partial charge in [0.05, 0.1) is 18.0 Å². The number of fused-ring (bicyclic) bond motifs is 1. The summed E-state index contributed by atoms with van der Waals surface area (Å²) in [6.45, 7) is 7.54. The average molecular weight is 209 g/mol. The van der Waals surface area contributed by atoms with Gasteiger partial charge in [-0.15, -0.1) is 0 Å². The van der Waals surface area contributed by atoms with Gasteiger partial charge in [-0.1, -0.05) is 0 Å². The zero-order valence-corrected chi connectivity index (χ0v) is 9.48. The quantitative estimate of drug-likeness (QED) is 0.789. The van der Waals surface area contributed by atoms with E-state index in [2.05, 4.69) is 23.8 Å². The van der Waals surface area contributed by atoms with Gasteiger partial charge in [-0.05, 0) is 26.3 Å². The summed E-state index contributed by atoms with van der Waals surface area (Å²) in [6, 6.07) is 2.59. The molecule has 0 bridgehead atoms. The molecule has 4 heteroatoms. The van der Waals surface area contributed by atoms with E-state index in [1.807, 2.05) is 10.7 Å². The second-order valence-corrected chi connectivity index (χ2v) is 4.43. The Morgan fingerprint density at radius 2 is 2.27 bits per heavy atom. The number of aliphatic hydroxyl groups is 1. The second kappa shape index (κ2) is 4.33. The van der Waals surface area contributed by atoms with Crippen molar-refractivity contribution >= 4 is 0 Å². The van der Waals surface area contributed by atoms with E-state index < -0.39 is 0 Å². The zero-order chi connectivity index (χ0) is 10.8. The van der Waals surface area contributed by atoms with E-state index in [0.717, 1.165) is 31.7 Å². The van der Waals surface area contributed by atoms with Crippen molar-refractivity contribution in [1.29, 1.82) is 0 Å². The topological polar surface area (TPSA) is 41.3 Å². The molecule has 1 aromatic heterocycles. The summed E-state index contributed by atoms with van der Waals surface area (Å²) in [4.78, 5) is 2.45. The first-order chi connectivity index (χ1) is 7.20. The Bertz CT molecular complexity index is 333. The Labute approximate surface area is 90.5 Å². The highest BCUT2D eigenvalue weighted by Gasteiger charge is 2.17. The lowest BCUT2D eigenvalue weighted by atomic mass is 10.2. The average Bonchev–Trinajstić information content (AvgIpc) is 2.49. The molecule has 0 fully saturated rings. The van der Waals surface area contributed by atoms with Crippen LogP contribution in [0.5, 0.6) is 0 Å². The third kappa shape index (κ3) is 2.21. The van der Waals surface area contributed by atoms with Gasteiger partial charge < -0.3 is 5.11 Å². The fourth-order valence-electron chi connectivity index (χ4n) is 2.06. The molecule has 84 valence electrons. The van der Waals surface area contributed by atoms with Crippen LogP contribution in [0.3, 0.4) is 0 Å². The minimum absolute atomic E-state index is 0.0433. The van der Waals surface area contributed by atoms with Gasteiger partial charge in [0.1, 0.15) is 0 Å². The molecule has 1 aliphatic heterocycles. The lowest BCUT2D eigenvalue weighted by Crippen LogP contribution is -2.30. The van der Waals surface area contributed by atoms with E-state index in [0.29, 0.717) is 6.04 Å². The molecule has 0 saturated carbocycles. The largest absolute Gasteiger partial charge is 0.390 e. The molecule has 0 unspecified atom stereocenters. The summed E-state index contributed by atoms with van der Waals surface area (Å²) in [5.41, 5.74) is 2.01. The standard InChI is InChI=1S/C11H19N3O/c1-9(2)13-4-3-5-14-11(7-13)6-10(8-15)12-14/h6,9,15H,3-5,7-8H2,1-2H3. The zero-order valence-electron chi connectivity index (χ0n) is 9.48. The Morgan fingerprint density at radius 1 is 1.47 bits per heavy atom. The smallest absolute Gasteiger partial charge is 0.0882 e. The molecule has 0 saturated heterocycles. The summed E-state index contributed by atoms with van der Waals surface area (Å²) in [7, 11) is 0. The monoisotopic (exact) mass is 209 g/mol. The number of aromatic nitrogens is 2. The predicted molar refractivity (Wildman–Crippen MR) is 58.3 cm³/mol. The fourth-order valence-corrected chi connectivity index (χ4v) is 2.06. The van der Waals surface area contributed by atoms with Crippen LogP contribution in [0.1, 0.15) is 31.7 Å². The fraction of sp³-hybridized carbons (Fsp3) is 0.727. The van der Waals surface area contributed by atoms with Gasteiger partial charge in [0.25, 0.3) is 0 Å². The Kier molecular flexibility index (Phi) is 3.07. The van der Waals surface area contributed by atoms with E-state index in [1.54, 1.807) is 0 Å². The van der Waals surface area contributed by atoms with Crippen LogP contribution in [0.4, 0.5) is 0 Å². The van der Waals surface area contributed by atoms with Crippen molar-refractivity contribution in [3.63, 3.8) is 0 Å². The maximum Gasteiger partial charge on any atom is 0.0882 e. The molecule has 0 atom stereocenters. The number of aliphatic hydroxyl groups excluding tert-OH is 1. The molecule has 2 rings (SSSR count). The highest BCUT2D eigenvalue weighted by molar-refractivity contribution is 5.10. The summed E-state index contributed by atoms with van der Waals surface area (Å²) >= 11 is 0. The third-order valence-corrected chi connectivity index (χ3v) is 2.99. The number of hydrogen-bond donors (Lipinski definition) is 1. The molecule has 2 heterocycles. The van der Waals surface area contributed by atoms with Gasteiger partial charge in [-0.3, -0.25) is 9.58 Å². The Morgan fingerprint density at radius 3 is 2.93 bits per heavy atom. The number of aryl methyl sites for hydroxylation is 1. The molecule has 0 aromatic carbocycles. The van der Waals surface area contributed by atoms with Gasteiger partial charge in [-0.25, -0.2) is 0 Å². The first kappa shape index (κ1) is 10.6. The molecular formula is C11H19N3O. The van der Waals surface area contributed by atoms with Gasteiger partial charge in [-0.2, -0.15) is 5.10 Å². The van der Waals surface area contributed by atoms with E-state index in [1.165, 1.54) is 5.69 Å². The molecule has 0 aliphatic carbocycles. The molecule has 1 aromatic rings. The molecule has 4 nitrogen and oxygen atoms in total. The Balaban J connectivity index is 2.20. The number of nitrogens with zero attached hydrogens (tertiary/aromatic N) is 3. The lowest BCUT2D eigenvalue weighted by molar-refractivity contribution is 0.216. The summed E-state index contributed by atoms with van der Waals surface area (Å²) in [5, 5.41) is 13.4. The molecule has 15 heavy (non-hydrogen) atoms. The molecule has 1 aliphatic rings. The molecule has 0 amide bonds. The van der Waals surface area contributed by atoms with E-state index in [9.17, 15) is 0 Å². The summed E-state index contributed by atoms with van der Waals surface area (Å²) in [5.74, 6) is 0. The van der Waals surface area contributed by atoms with Crippen molar-refractivity contribution in [3.8, 4) is 0 Å². The van der Waals surface area contributed by atoms with Crippen molar-refractivity contribution in [2.24, 2.45) is 0 Å². The number of hydrogen-bond acceptors (Lipinski definition) is 3. The maximum absolute atomic E-state index is 9.04. The number of rotatable bonds is 2. The van der Waals surface area contributed by atoms with Crippen LogP contribution in [-0.4, -0.2) is 32.4 Å². The summed E-state index contributed by atoms with van der Waals surface area (Å²) < 4.78 is 2.04. The van der Waals surface area contributed by atoms with E-state index >= 15 is 0 Å². The lowest BCUT2D eigenvalue weighted by Gasteiger charge is -2.23. The minimum atomic E-state index is 0.0433. The van der Waals surface area contributed by atoms with Gasteiger partial charge in [0, 0.05) is 25.7 Å². The molecule has 0 spiro atoms. The van der Waals surface area contributed by atoms with Crippen molar-refractivity contribution in [3.05, 3.63) is 17.5 Å². The first-order valence-electron chi connectivity index (χ1n) is 5.61. The van der Waals surface area contributed by atoms with Crippen LogP contribution in [0.2, 0.25) is 0 Å². The van der Waals surface area contributed by atoms with Crippen LogP contribution in [0.15, 0.2) is 6.07 Å². The summed E-state index contributed by atoms with van der Waals surface area (Å²) in [6.07, 6.45) is 1.14. The third-order valence-electron chi connectivity index (χ3n) is 2.99. The van der Waals surface area contributed by atoms with Crippen LogP contribution in [-0.2, 0) is 19.7 Å². The van der Waals surface area contributed by atoms with E-state index in [4.69, 9.17) is 5.11 Å². The maximum atomic E-state index is 9.04. The molecule has 0 radical (unpaired) electrons. The predicted octanol–water partition coefficient (Wildman–Crippen LogP) is 0.989. The van der Waals surface area contributed by atoms with Gasteiger partial charge >= 0.3 is 0 Å². The molecule has 1 N–H and O–H groups in total. The van der Waals surface area contributed by atoms with Crippen LogP contribution in [0.25, 0.3) is 0 Å². The highest BCUT2D eigenvalue weighted by atomic mass is 16.3. The molecular weight excluding hydrogens is 190 g/mol. The first-order valence-corrected chi connectivity index (χ1v) is 5.61.